The van der Waals surface area contributed by atoms with Gasteiger partial charge in [0.05, 0.1) is 19.1 Å². The Hall–Kier alpha value is -1.43. The number of hydrogen-bond acceptors (Lipinski definition) is 5. The highest BCUT2D eigenvalue weighted by atomic mass is 16.5. The number of nitrogens with zero attached hydrogens (tertiary/aromatic N) is 3. The van der Waals surface area contributed by atoms with E-state index in [4.69, 9.17) is 9.47 Å². The molecule has 6 nitrogen and oxygen atoms in total. The van der Waals surface area contributed by atoms with Gasteiger partial charge in [0.25, 0.3) is 0 Å². The molecule has 0 saturated carbocycles. The highest BCUT2D eigenvalue weighted by molar-refractivity contribution is 5.72. The Morgan fingerprint density at radius 2 is 2.09 bits per heavy atom. The van der Waals surface area contributed by atoms with Gasteiger partial charge >= 0.3 is 5.97 Å². The number of carbonyl (C=O) groups excluding carboxylic acids is 1. The van der Waals surface area contributed by atoms with Crippen LogP contribution in [0.5, 0.6) is 0 Å². The number of methoxy groups -OCH3 is 1. The predicted molar refractivity (Wildman–Crippen MR) is 80.4 cm³/mol. The number of esters is 1. The Labute approximate surface area is 131 Å². The molecule has 1 aromatic heterocycles. The second kappa shape index (κ2) is 5.65. The van der Waals surface area contributed by atoms with Crippen LogP contribution in [0.4, 0.5) is 0 Å². The topological polar surface area (TPSA) is 66.2 Å². The van der Waals surface area contributed by atoms with Crippen LogP contribution in [0.2, 0.25) is 0 Å². The highest BCUT2D eigenvalue weighted by Crippen LogP contribution is 2.41. The van der Waals surface area contributed by atoms with Crippen LogP contribution >= 0.6 is 0 Å². The lowest BCUT2D eigenvalue weighted by molar-refractivity contribution is -0.146. The molecule has 3 atom stereocenters. The van der Waals surface area contributed by atoms with Gasteiger partial charge in [0, 0.05) is 25.5 Å². The van der Waals surface area contributed by atoms with Crippen molar-refractivity contribution in [3.05, 3.63) is 11.6 Å². The van der Waals surface area contributed by atoms with Crippen molar-refractivity contribution >= 4 is 5.97 Å². The van der Waals surface area contributed by atoms with Gasteiger partial charge < -0.3 is 14.0 Å². The second-order valence-corrected chi connectivity index (χ2v) is 7.40. The molecule has 0 aliphatic carbocycles. The standard InChI is InChI=1S/C16H25N3O3/c1-16(2,3)13-11(7-8-22-13)14-18-17-12-6-5-10(9-19(12)14)15(20)21-4/h10-11,13H,5-9H2,1-4H3/t10?,11-,13-/m0/s1. The maximum atomic E-state index is 11.9. The van der Waals surface area contributed by atoms with Crippen molar-refractivity contribution in [3.8, 4) is 0 Å². The van der Waals surface area contributed by atoms with E-state index in [1.165, 1.54) is 7.11 Å². The molecule has 3 heterocycles. The first kappa shape index (κ1) is 15.5. The molecule has 3 rings (SSSR count). The smallest absolute Gasteiger partial charge is 0.310 e. The van der Waals surface area contributed by atoms with E-state index in [-0.39, 0.29) is 29.3 Å². The van der Waals surface area contributed by atoms with Gasteiger partial charge in [-0.25, -0.2) is 0 Å². The van der Waals surface area contributed by atoms with Crippen LogP contribution in [0.25, 0.3) is 0 Å². The molecule has 0 N–H and O–H groups in total. The zero-order valence-electron chi connectivity index (χ0n) is 13.8. The third kappa shape index (κ3) is 2.64. The zero-order valence-corrected chi connectivity index (χ0v) is 13.8. The number of ether oxygens (including phenoxy) is 2. The van der Waals surface area contributed by atoms with Crippen LogP contribution < -0.4 is 0 Å². The van der Waals surface area contributed by atoms with E-state index in [0.29, 0.717) is 6.54 Å². The van der Waals surface area contributed by atoms with Crippen LogP contribution in [-0.4, -0.2) is 40.6 Å². The van der Waals surface area contributed by atoms with Crippen LogP contribution in [0.15, 0.2) is 0 Å². The van der Waals surface area contributed by atoms with E-state index >= 15 is 0 Å². The summed E-state index contributed by atoms with van der Waals surface area (Å²) in [7, 11) is 1.45. The molecule has 1 unspecified atom stereocenters. The lowest BCUT2D eigenvalue weighted by Gasteiger charge is -2.31. The van der Waals surface area contributed by atoms with E-state index in [1.807, 2.05) is 0 Å². The molecular formula is C16H25N3O3. The normalized spacial score (nSPS) is 28.5. The van der Waals surface area contributed by atoms with Crippen LogP contribution in [0.1, 0.15) is 51.2 Å². The summed E-state index contributed by atoms with van der Waals surface area (Å²) >= 11 is 0. The largest absolute Gasteiger partial charge is 0.469 e. The minimum atomic E-state index is -0.139. The van der Waals surface area contributed by atoms with Crippen LogP contribution in [0, 0.1) is 11.3 Å². The summed E-state index contributed by atoms with van der Waals surface area (Å²) < 4.78 is 13.0. The summed E-state index contributed by atoms with van der Waals surface area (Å²) in [5.74, 6) is 1.97. The van der Waals surface area contributed by atoms with Gasteiger partial charge in [-0.1, -0.05) is 20.8 Å². The van der Waals surface area contributed by atoms with Crippen molar-refractivity contribution < 1.29 is 14.3 Å². The summed E-state index contributed by atoms with van der Waals surface area (Å²) in [5.41, 5.74) is 0.0595. The van der Waals surface area contributed by atoms with Gasteiger partial charge in [-0.2, -0.15) is 0 Å². The average molecular weight is 307 g/mol. The van der Waals surface area contributed by atoms with E-state index in [2.05, 4.69) is 35.5 Å². The molecule has 6 heteroatoms. The van der Waals surface area contributed by atoms with Gasteiger partial charge in [-0.15, -0.1) is 10.2 Å². The maximum Gasteiger partial charge on any atom is 0.310 e. The van der Waals surface area contributed by atoms with Crippen molar-refractivity contribution in [1.29, 1.82) is 0 Å². The van der Waals surface area contributed by atoms with Gasteiger partial charge in [0.1, 0.15) is 11.6 Å². The Morgan fingerprint density at radius 3 is 2.77 bits per heavy atom. The molecule has 1 saturated heterocycles. The number of hydrogen-bond donors (Lipinski definition) is 0. The summed E-state index contributed by atoms with van der Waals surface area (Å²) in [6.45, 7) is 7.97. The zero-order chi connectivity index (χ0) is 15.9. The van der Waals surface area contributed by atoms with Crippen LogP contribution in [0.3, 0.4) is 0 Å². The lowest BCUT2D eigenvalue weighted by atomic mass is 9.81. The Morgan fingerprint density at radius 1 is 1.32 bits per heavy atom. The van der Waals surface area contributed by atoms with Gasteiger partial charge in [-0.3, -0.25) is 4.79 Å². The van der Waals surface area contributed by atoms with Gasteiger partial charge in [-0.05, 0) is 18.3 Å². The number of fused-ring (bicyclic) bond motifs is 1. The second-order valence-electron chi connectivity index (χ2n) is 7.40. The van der Waals surface area contributed by atoms with Crippen molar-refractivity contribution in [2.75, 3.05) is 13.7 Å². The Bertz CT molecular complexity index is 561. The first-order valence-corrected chi connectivity index (χ1v) is 8.03. The molecule has 22 heavy (non-hydrogen) atoms. The third-order valence-electron chi connectivity index (χ3n) is 4.79. The van der Waals surface area contributed by atoms with Crippen molar-refractivity contribution in [3.63, 3.8) is 0 Å². The van der Waals surface area contributed by atoms with E-state index < -0.39 is 0 Å². The fourth-order valence-electron chi connectivity index (χ4n) is 3.69. The predicted octanol–water partition coefficient (Wildman–Crippen LogP) is 1.93. The first-order chi connectivity index (χ1) is 10.4. The van der Waals surface area contributed by atoms with Crippen LogP contribution in [-0.2, 0) is 27.2 Å². The van der Waals surface area contributed by atoms with E-state index in [1.54, 1.807) is 0 Å². The van der Waals surface area contributed by atoms with E-state index in [9.17, 15) is 4.79 Å². The first-order valence-electron chi connectivity index (χ1n) is 8.03. The fourth-order valence-corrected chi connectivity index (χ4v) is 3.69. The monoisotopic (exact) mass is 307 g/mol. The number of rotatable bonds is 2. The minimum absolute atomic E-state index is 0.0595. The molecule has 0 spiro atoms. The summed E-state index contributed by atoms with van der Waals surface area (Å²) in [4.78, 5) is 11.9. The molecule has 1 aromatic rings. The fraction of sp³-hybridized carbons (Fsp3) is 0.812. The lowest BCUT2D eigenvalue weighted by Crippen LogP contribution is -2.34. The average Bonchev–Trinajstić information content (AvgIpc) is 3.10. The molecule has 2 aliphatic rings. The molecule has 0 amide bonds. The number of aryl methyl sites for hydroxylation is 1. The molecule has 122 valence electrons. The molecule has 2 aliphatic heterocycles. The van der Waals surface area contributed by atoms with Gasteiger partial charge in [0.2, 0.25) is 0 Å². The summed E-state index contributed by atoms with van der Waals surface area (Å²) in [5, 5.41) is 8.79. The highest BCUT2D eigenvalue weighted by Gasteiger charge is 2.42. The summed E-state index contributed by atoms with van der Waals surface area (Å²) in [6.07, 6.45) is 2.66. The molecule has 0 radical (unpaired) electrons. The molecule has 1 fully saturated rings. The molecule has 0 aromatic carbocycles. The van der Waals surface area contributed by atoms with Crippen molar-refractivity contribution in [2.45, 2.75) is 58.6 Å². The third-order valence-corrected chi connectivity index (χ3v) is 4.79. The summed E-state index contributed by atoms with van der Waals surface area (Å²) in [6, 6.07) is 0. The van der Waals surface area contributed by atoms with E-state index in [0.717, 1.165) is 37.5 Å². The number of aromatic nitrogens is 3. The SMILES string of the molecule is COC(=O)C1CCc2nnc([C@H]3CCO[C@@H]3C(C)(C)C)n2C1. The minimum Gasteiger partial charge on any atom is -0.469 e. The number of carbonyl (C=O) groups is 1. The van der Waals surface area contributed by atoms with Gasteiger partial charge in [0.15, 0.2) is 0 Å². The quantitative estimate of drug-likeness (QED) is 0.781. The van der Waals surface area contributed by atoms with Crippen molar-refractivity contribution in [2.24, 2.45) is 11.3 Å². The molecular weight excluding hydrogens is 282 g/mol. The Balaban J connectivity index is 1.88. The maximum absolute atomic E-state index is 11.9. The van der Waals surface area contributed by atoms with Crippen molar-refractivity contribution in [1.82, 2.24) is 14.8 Å². The Kier molecular flexibility index (Phi) is 3.97. The molecule has 0 bridgehead atoms.